The van der Waals surface area contributed by atoms with Crippen molar-refractivity contribution in [2.24, 2.45) is 0 Å². The third-order valence-corrected chi connectivity index (χ3v) is 3.77. The van der Waals surface area contributed by atoms with Gasteiger partial charge in [-0.05, 0) is 42.8 Å². The molecule has 0 saturated heterocycles. The molecule has 0 unspecified atom stereocenters. The molecule has 0 aliphatic carbocycles. The maximum Gasteiger partial charge on any atom is 0.274 e. The molecule has 0 fully saturated rings. The molecule has 104 valence electrons. The minimum Gasteiger partial charge on any atom is -0.381 e. The summed E-state index contributed by atoms with van der Waals surface area (Å²) in [4.78, 5) is 10.4. The van der Waals surface area contributed by atoms with Crippen molar-refractivity contribution < 1.29 is 9.31 Å². The molecule has 0 bridgehead atoms. The molecule has 0 saturated carbocycles. The SMILES string of the molecule is Cc1cc(NCc2cc(F)ccc2[N+](=O)[O-])ccc1Br. The molecule has 0 aliphatic heterocycles. The van der Waals surface area contributed by atoms with E-state index in [0.717, 1.165) is 21.8 Å². The summed E-state index contributed by atoms with van der Waals surface area (Å²) >= 11 is 3.40. The van der Waals surface area contributed by atoms with Gasteiger partial charge in [-0.3, -0.25) is 10.1 Å². The van der Waals surface area contributed by atoms with Gasteiger partial charge in [0.25, 0.3) is 5.69 Å². The zero-order chi connectivity index (χ0) is 14.7. The van der Waals surface area contributed by atoms with E-state index in [0.29, 0.717) is 5.56 Å². The Kier molecular flexibility index (Phi) is 4.34. The van der Waals surface area contributed by atoms with E-state index in [2.05, 4.69) is 21.2 Å². The van der Waals surface area contributed by atoms with E-state index in [-0.39, 0.29) is 12.2 Å². The van der Waals surface area contributed by atoms with Crippen LogP contribution >= 0.6 is 15.9 Å². The molecule has 2 aromatic carbocycles. The van der Waals surface area contributed by atoms with Gasteiger partial charge < -0.3 is 5.32 Å². The highest BCUT2D eigenvalue weighted by Gasteiger charge is 2.14. The molecule has 1 N–H and O–H groups in total. The molecule has 20 heavy (non-hydrogen) atoms. The van der Waals surface area contributed by atoms with Crippen molar-refractivity contribution in [1.29, 1.82) is 0 Å². The number of nitro groups is 1. The summed E-state index contributed by atoms with van der Waals surface area (Å²) in [6.45, 7) is 2.13. The quantitative estimate of drug-likeness (QED) is 0.663. The topological polar surface area (TPSA) is 55.2 Å². The minimum atomic E-state index is -0.511. The van der Waals surface area contributed by atoms with E-state index in [1.54, 1.807) is 0 Å². The predicted octanol–water partition coefficient (Wildman–Crippen LogP) is 4.42. The van der Waals surface area contributed by atoms with Gasteiger partial charge in [-0.15, -0.1) is 0 Å². The number of anilines is 1. The lowest BCUT2D eigenvalue weighted by Gasteiger charge is -2.09. The average Bonchev–Trinajstić information content (AvgIpc) is 2.40. The molecule has 4 nitrogen and oxygen atoms in total. The Morgan fingerprint density at radius 3 is 2.70 bits per heavy atom. The Morgan fingerprint density at radius 2 is 2.05 bits per heavy atom. The van der Waals surface area contributed by atoms with Crippen LogP contribution in [-0.4, -0.2) is 4.92 Å². The summed E-state index contributed by atoms with van der Waals surface area (Å²) in [5.74, 6) is -0.487. The summed E-state index contributed by atoms with van der Waals surface area (Å²) in [7, 11) is 0. The molecule has 0 heterocycles. The monoisotopic (exact) mass is 338 g/mol. The van der Waals surface area contributed by atoms with Crippen LogP contribution in [0.3, 0.4) is 0 Å². The molecule has 0 amide bonds. The fourth-order valence-corrected chi connectivity index (χ4v) is 2.07. The van der Waals surface area contributed by atoms with Gasteiger partial charge in [-0.1, -0.05) is 15.9 Å². The average molecular weight is 339 g/mol. The number of hydrogen-bond acceptors (Lipinski definition) is 3. The van der Waals surface area contributed by atoms with Crippen LogP contribution in [0.5, 0.6) is 0 Å². The number of benzene rings is 2. The normalized spacial score (nSPS) is 10.3. The molecular weight excluding hydrogens is 327 g/mol. The first-order valence-electron chi connectivity index (χ1n) is 5.90. The third kappa shape index (κ3) is 3.33. The number of nitrogens with zero attached hydrogens (tertiary/aromatic N) is 1. The Morgan fingerprint density at radius 1 is 1.30 bits per heavy atom. The van der Waals surface area contributed by atoms with Gasteiger partial charge in [0.05, 0.1) is 10.5 Å². The van der Waals surface area contributed by atoms with Crippen molar-refractivity contribution in [2.75, 3.05) is 5.32 Å². The number of hydrogen-bond donors (Lipinski definition) is 1. The summed E-state index contributed by atoms with van der Waals surface area (Å²) in [5.41, 5.74) is 2.09. The lowest BCUT2D eigenvalue weighted by atomic mass is 10.1. The minimum absolute atomic E-state index is 0.0901. The first-order chi connectivity index (χ1) is 9.47. The molecule has 6 heteroatoms. The number of halogens is 2. The van der Waals surface area contributed by atoms with Gasteiger partial charge in [0.2, 0.25) is 0 Å². The lowest BCUT2D eigenvalue weighted by Crippen LogP contribution is -2.04. The second-order valence-corrected chi connectivity index (χ2v) is 5.20. The number of nitro benzene ring substituents is 1. The summed E-state index contributed by atoms with van der Waals surface area (Å²) in [5, 5.41) is 14.0. The van der Waals surface area contributed by atoms with E-state index in [1.165, 1.54) is 12.1 Å². The molecular formula is C14H12BrFN2O2. The molecule has 0 aromatic heterocycles. The second-order valence-electron chi connectivity index (χ2n) is 4.35. The zero-order valence-electron chi connectivity index (χ0n) is 10.7. The first-order valence-corrected chi connectivity index (χ1v) is 6.69. The maximum absolute atomic E-state index is 13.2. The van der Waals surface area contributed by atoms with Crippen LogP contribution < -0.4 is 5.32 Å². The van der Waals surface area contributed by atoms with E-state index < -0.39 is 10.7 Å². The van der Waals surface area contributed by atoms with Crippen LogP contribution in [0.4, 0.5) is 15.8 Å². The highest BCUT2D eigenvalue weighted by molar-refractivity contribution is 9.10. The van der Waals surface area contributed by atoms with Gasteiger partial charge in [-0.25, -0.2) is 4.39 Å². The largest absolute Gasteiger partial charge is 0.381 e. The fourth-order valence-electron chi connectivity index (χ4n) is 1.83. The van der Waals surface area contributed by atoms with Crippen LogP contribution in [0.1, 0.15) is 11.1 Å². The van der Waals surface area contributed by atoms with Gasteiger partial charge in [0, 0.05) is 22.8 Å². The first kappa shape index (κ1) is 14.5. The van der Waals surface area contributed by atoms with E-state index >= 15 is 0 Å². The predicted molar refractivity (Wildman–Crippen MR) is 79.3 cm³/mol. The van der Waals surface area contributed by atoms with Crippen molar-refractivity contribution in [3.63, 3.8) is 0 Å². The molecule has 2 aromatic rings. The summed E-state index contributed by atoms with van der Waals surface area (Å²) in [6.07, 6.45) is 0. The lowest BCUT2D eigenvalue weighted by molar-refractivity contribution is -0.385. The van der Waals surface area contributed by atoms with E-state index in [1.807, 2.05) is 25.1 Å². The fraction of sp³-hybridized carbons (Fsp3) is 0.143. The second kappa shape index (κ2) is 6.00. The van der Waals surface area contributed by atoms with Crippen molar-refractivity contribution in [1.82, 2.24) is 0 Å². The van der Waals surface area contributed by atoms with Crippen LogP contribution in [-0.2, 0) is 6.54 Å². The highest BCUT2D eigenvalue weighted by atomic mass is 79.9. The van der Waals surface area contributed by atoms with E-state index in [9.17, 15) is 14.5 Å². The number of nitrogens with one attached hydrogen (secondary N) is 1. The Bertz CT molecular complexity index is 662. The zero-order valence-corrected chi connectivity index (χ0v) is 12.3. The van der Waals surface area contributed by atoms with Gasteiger partial charge in [0.1, 0.15) is 5.82 Å². The van der Waals surface area contributed by atoms with Crippen molar-refractivity contribution >= 4 is 27.3 Å². The highest BCUT2D eigenvalue weighted by Crippen LogP contribution is 2.23. The third-order valence-electron chi connectivity index (χ3n) is 2.88. The van der Waals surface area contributed by atoms with E-state index in [4.69, 9.17) is 0 Å². The Balaban J connectivity index is 2.20. The van der Waals surface area contributed by atoms with Crippen molar-refractivity contribution in [3.8, 4) is 0 Å². The molecule has 0 atom stereocenters. The molecule has 0 radical (unpaired) electrons. The van der Waals surface area contributed by atoms with Crippen LogP contribution in [0.15, 0.2) is 40.9 Å². The Labute approximate surface area is 123 Å². The number of aryl methyl sites for hydroxylation is 1. The van der Waals surface area contributed by atoms with Crippen LogP contribution in [0.2, 0.25) is 0 Å². The molecule has 0 spiro atoms. The van der Waals surface area contributed by atoms with Crippen LogP contribution in [0, 0.1) is 22.9 Å². The van der Waals surface area contributed by atoms with Gasteiger partial charge in [0.15, 0.2) is 0 Å². The molecule has 0 aliphatic rings. The number of rotatable bonds is 4. The van der Waals surface area contributed by atoms with Crippen LogP contribution in [0.25, 0.3) is 0 Å². The van der Waals surface area contributed by atoms with Crippen molar-refractivity contribution in [2.45, 2.75) is 13.5 Å². The maximum atomic E-state index is 13.2. The standard InChI is InChI=1S/C14H12BrFN2O2/c1-9-6-12(3-4-13(9)15)17-8-10-7-11(16)2-5-14(10)18(19)20/h2-7,17H,8H2,1H3. The summed E-state index contributed by atoms with van der Waals surface area (Å²) in [6, 6.07) is 9.09. The Hall–Kier alpha value is -1.95. The smallest absolute Gasteiger partial charge is 0.274 e. The molecule has 2 rings (SSSR count). The summed E-state index contributed by atoms with van der Waals surface area (Å²) < 4.78 is 14.2. The van der Waals surface area contributed by atoms with Crippen molar-refractivity contribution in [3.05, 3.63) is 67.9 Å². The van der Waals surface area contributed by atoms with Gasteiger partial charge in [-0.2, -0.15) is 0 Å². The van der Waals surface area contributed by atoms with Gasteiger partial charge >= 0.3 is 0 Å².